The molecular formula is C12H18N2OS2. The molecule has 0 radical (unpaired) electrons. The van der Waals surface area contributed by atoms with Crippen LogP contribution >= 0.6 is 23.1 Å². The Morgan fingerprint density at radius 2 is 2.35 bits per heavy atom. The monoisotopic (exact) mass is 270 g/mol. The third-order valence-electron chi connectivity index (χ3n) is 3.23. The van der Waals surface area contributed by atoms with Gasteiger partial charge in [0.05, 0.1) is 4.88 Å². The van der Waals surface area contributed by atoms with Crippen molar-refractivity contribution in [2.45, 2.75) is 37.5 Å². The second-order valence-electron chi connectivity index (χ2n) is 4.46. The average Bonchev–Trinajstić information content (AvgIpc) is 2.87. The molecule has 0 aliphatic heterocycles. The number of hydrogen-bond acceptors (Lipinski definition) is 4. The van der Waals surface area contributed by atoms with E-state index in [9.17, 15) is 4.79 Å². The molecule has 0 aromatic carbocycles. The summed E-state index contributed by atoms with van der Waals surface area (Å²) in [5, 5.41) is 3.81. The molecule has 0 spiro atoms. The number of aryl methyl sites for hydroxylation is 1. The Hall–Kier alpha value is -0.680. The Balaban J connectivity index is 1.93. The maximum Gasteiger partial charge on any atom is 0.261 e. The van der Waals surface area contributed by atoms with Crippen LogP contribution in [0.25, 0.3) is 0 Å². The van der Waals surface area contributed by atoms with Gasteiger partial charge < -0.3 is 11.1 Å². The maximum absolute atomic E-state index is 12.0. The smallest absolute Gasteiger partial charge is 0.261 e. The molecule has 1 saturated carbocycles. The zero-order chi connectivity index (χ0) is 12.4. The van der Waals surface area contributed by atoms with Crippen LogP contribution < -0.4 is 11.1 Å². The second kappa shape index (κ2) is 5.31. The molecule has 1 aliphatic carbocycles. The summed E-state index contributed by atoms with van der Waals surface area (Å²) >= 11 is 3.37. The second-order valence-corrected chi connectivity index (χ2v) is 6.86. The van der Waals surface area contributed by atoms with Gasteiger partial charge in [0, 0.05) is 21.9 Å². The third kappa shape index (κ3) is 2.96. The van der Waals surface area contributed by atoms with Crippen LogP contribution in [0, 0.1) is 6.92 Å². The minimum absolute atomic E-state index is 0.0292. The van der Waals surface area contributed by atoms with E-state index < -0.39 is 0 Å². The van der Waals surface area contributed by atoms with Gasteiger partial charge in [-0.25, -0.2) is 0 Å². The normalized spacial score (nSPS) is 23.9. The highest BCUT2D eigenvalue weighted by atomic mass is 32.2. The highest BCUT2D eigenvalue weighted by Crippen LogP contribution is 2.29. The molecule has 3 nitrogen and oxygen atoms in total. The molecule has 1 aliphatic rings. The van der Waals surface area contributed by atoms with E-state index in [0.717, 1.165) is 22.6 Å². The summed E-state index contributed by atoms with van der Waals surface area (Å²) in [7, 11) is 0. The molecule has 2 unspecified atom stereocenters. The molecule has 2 atom stereocenters. The number of nitrogens with one attached hydrogen (secondary N) is 1. The Kier molecular flexibility index (Phi) is 3.99. The lowest BCUT2D eigenvalue weighted by molar-refractivity contribution is 0.0942. The van der Waals surface area contributed by atoms with Gasteiger partial charge in [0.25, 0.3) is 5.91 Å². The van der Waals surface area contributed by atoms with E-state index in [1.807, 2.05) is 18.7 Å². The number of nitrogens with two attached hydrogens (primary N) is 1. The third-order valence-corrected chi connectivity index (χ3v) is 5.39. The first kappa shape index (κ1) is 12.8. The van der Waals surface area contributed by atoms with Crippen molar-refractivity contribution in [3.05, 3.63) is 15.8 Å². The first-order valence-electron chi connectivity index (χ1n) is 5.79. The summed E-state index contributed by atoms with van der Waals surface area (Å²) in [6, 6.07) is 2.11. The van der Waals surface area contributed by atoms with Crippen LogP contribution in [-0.4, -0.2) is 23.5 Å². The summed E-state index contributed by atoms with van der Waals surface area (Å²) in [4.78, 5) is 13.7. The van der Waals surface area contributed by atoms with Crippen LogP contribution in [0.15, 0.2) is 6.07 Å². The topological polar surface area (TPSA) is 55.1 Å². The molecule has 2 rings (SSSR count). The summed E-state index contributed by atoms with van der Waals surface area (Å²) in [6.07, 6.45) is 5.53. The fourth-order valence-corrected chi connectivity index (χ4v) is 3.79. The number of thiophene rings is 1. The van der Waals surface area contributed by atoms with E-state index in [4.69, 9.17) is 5.73 Å². The number of nitrogen functional groups attached to an aromatic ring is 1. The summed E-state index contributed by atoms with van der Waals surface area (Å²) in [5.41, 5.74) is 6.47. The minimum Gasteiger partial charge on any atom is -0.398 e. The van der Waals surface area contributed by atoms with Crippen LogP contribution in [-0.2, 0) is 0 Å². The van der Waals surface area contributed by atoms with Crippen molar-refractivity contribution in [1.29, 1.82) is 0 Å². The van der Waals surface area contributed by atoms with Gasteiger partial charge in [-0.2, -0.15) is 11.8 Å². The molecule has 0 saturated heterocycles. The van der Waals surface area contributed by atoms with Gasteiger partial charge in [0.2, 0.25) is 0 Å². The fraction of sp³-hybridized carbons (Fsp3) is 0.583. The lowest BCUT2D eigenvalue weighted by atomic mass is 10.2. The van der Waals surface area contributed by atoms with Gasteiger partial charge >= 0.3 is 0 Å². The lowest BCUT2D eigenvalue weighted by Crippen LogP contribution is -2.32. The van der Waals surface area contributed by atoms with Gasteiger partial charge in [0.15, 0.2) is 0 Å². The molecule has 1 aromatic rings. The zero-order valence-electron chi connectivity index (χ0n) is 10.2. The van der Waals surface area contributed by atoms with Crippen LogP contribution in [0.2, 0.25) is 0 Å². The van der Waals surface area contributed by atoms with Gasteiger partial charge in [0.1, 0.15) is 0 Å². The van der Waals surface area contributed by atoms with Crippen molar-refractivity contribution >= 4 is 34.7 Å². The summed E-state index contributed by atoms with van der Waals surface area (Å²) < 4.78 is 0. The number of hydrogen-bond donors (Lipinski definition) is 2. The molecule has 1 amide bonds. The van der Waals surface area contributed by atoms with Crippen molar-refractivity contribution in [3.63, 3.8) is 0 Å². The van der Waals surface area contributed by atoms with Gasteiger partial charge in [-0.15, -0.1) is 11.3 Å². The molecule has 3 N–H and O–H groups in total. The predicted octanol–water partition coefficient (Wildman–Crippen LogP) is 2.65. The first-order valence-corrected chi connectivity index (χ1v) is 7.90. The predicted molar refractivity (Wildman–Crippen MR) is 75.9 cm³/mol. The highest BCUT2D eigenvalue weighted by Gasteiger charge is 2.25. The lowest BCUT2D eigenvalue weighted by Gasteiger charge is -2.11. The Morgan fingerprint density at radius 1 is 1.59 bits per heavy atom. The fourth-order valence-electron chi connectivity index (χ4n) is 2.15. The summed E-state index contributed by atoms with van der Waals surface area (Å²) in [6.45, 7) is 1.94. The van der Waals surface area contributed by atoms with E-state index in [-0.39, 0.29) is 5.91 Å². The van der Waals surface area contributed by atoms with E-state index in [2.05, 4.69) is 11.6 Å². The van der Waals surface area contributed by atoms with Crippen molar-refractivity contribution in [3.8, 4) is 0 Å². The number of anilines is 1. The van der Waals surface area contributed by atoms with Gasteiger partial charge in [-0.05, 0) is 38.5 Å². The Labute approximate surface area is 110 Å². The molecular weight excluding hydrogens is 252 g/mol. The van der Waals surface area contributed by atoms with Crippen molar-refractivity contribution < 1.29 is 4.79 Å². The molecule has 17 heavy (non-hydrogen) atoms. The largest absolute Gasteiger partial charge is 0.398 e. The summed E-state index contributed by atoms with van der Waals surface area (Å²) in [5.74, 6) is 0.0292. The quantitative estimate of drug-likeness (QED) is 0.888. The van der Waals surface area contributed by atoms with Gasteiger partial charge in [-0.3, -0.25) is 4.79 Å². The number of carbonyl (C=O) groups excluding carboxylic acids is 1. The van der Waals surface area contributed by atoms with Crippen LogP contribution in [0.1, 0.15) is 33.8 Å². The molecule has 1 aromatic heterocycles. The van der Waals surface area contributed by atoms with E-state index in [1.54, 1.807) is 6.07 Å². The molecule has 5 heteroatoms. The van der Waals surface area contributed by atoms with Crippen molar-refractivity contribution in [1.82, 2.24) is 5.32 Å². The van der Waals surface area contributed by atoms with Crippen molar-refractivity contribution in [2.75, 3.05) is 12.0 Å². The number of amides is 1. The van der Waals surface area contributed by atoms with Crippen LogP contribution in [0.3, 0.4) is 0 Å². The molecule has 1 heterocycles. The SMILES string of the molecule is CSC1CCC(NC(=O)c2cc(N)c(C)s2)C1. The Bertz CT molecular complexity index is 397. The van der Waals surface area contributed by atoms with E-state index >= 15 is 0 Å². The Morgan fingerprint density at radius 3 is 2.88 bits per heavy atom. The van der Waals surface area contributed by atoms with Crippen LogP contribution in [0.5, 0.6) is 0 Å². The minimum atomic E-state index is 0.0292. The first-order chi connectivity index (χ1) is 8.10. The number of rotatable bonds is 3. The maximum atomic E-state index is 12.0. The standard InChI is InChI=1S/C12H18N2OS2/c1-7-10(13)6-11(17-7)12(15)14-8-3-4-9(5-8)16-2/h6,8-9H,3-5,13H2,1-2H3,(H,14,15). The van der Waals surface area contributed by atoms with Gasteiger partial charge in [-0.1, -0.05) is 0 Å². The highest BCUT2D eigenvalue weighted by molar-refractivity contribution is 7.99. The van der Waals surface area contributed by atoms with Crippen LogP contribution in [0.4, 0.5) is 5.69 Å². The molecule has 1 fully saturated rings. The molecule has 94 valence electrons. The van der Waals surface area contributed by atoms with E-state index in [0.29, 0.717) is 17.0 Å². The van der Waals surface area contributed by atoms with E-state index in [1.165, 1.54) is 17.8 Å². The number of thioether (sulfide) groups is 1. The average molecular weight is 270 g/mol. The number of carbonyl (C=O) groups is 1. The van der Waals surface area contributed by atoms with Crippen molar-refractivity contribution in [2.24, 2.45) is 0 Å². The molecule has 0 bridgehead atoms. The zero-order valence-corrected chi connectivity index (χ0v) is 11.8.